The Morgan fingerprint density at radius 3 is 2.50 bits per heavy atom. The first-order valence-corrected chi connectivity index (χ1v) is 5.43. The molecular weight excluding hydrogens is 180 g/mol. The fourth-order valence-corrected chi connectivity index (χ4v) is 1.58. The highest BCUT2D eigenvalue weighted by molar-refractivity contribution is 5.79. The molecule has 0 spiro atoms. The standard InChI is InChI=1S/C11H20O3/c1-9(2)13-7-8-14-11-5-3-10(12)4-6-11/h9,11H,3-8H2,1-2H3. The first kappa shape index (κ1) is 11.7. The third-order valence-electron chi connectivity index (χ3n) is 2.38. The topological polar surface area (TPSA) is 35.5 Å². The van der Waals surface area contributed by atoms with Crippen LogP contribution in [0.5, 0.6) is 0 Å². The van der Waals surface area contributed by atoms with E-state index in [2.05, 4.69) is 0 Å². The van der Waals surface area contributed by atoms with Crippen LogP contribution in [0.15, 0.2) is 0 Å². The Hall–Kier alpha value is -0.410. The monoisotopic (exact) mass is 200 g/mol. The van der Waals surface area contributed by atoms with Crippen molar-refractivity contribution in [3.05, 3.63) is 0 Å². The molecule has 1 aliphatic rings. The molecule has 3 nitrogen and oxygen atoms in total. The maximum atomic E-state index is 10.9. The van der Waals surface area contributed by atoms with E-state index in [-0.39, 0.29) is 12.2 Å². The molecule has 0 aromatic heterocycles. The van der Waals surface area contributed by atoms with E-state index in [0.29, 0.717) is 31.8 Å². The fourth-order valence-electron chi connectivity index (χ4n) is 1.58. The molecule has 1 rings (SSSR count). The molecule has 0 amide bonds. The van der Waals surface area contributed by atoms with Crippen LogP contribution in [0.2, 0.25) is 0 Å². The molecule has 1 saturated carbocycles. The van der Waals surface area contributed by atoms with Crippen LogP contribution >= 0.6 is 0 Å². The fraction of sp³-hybridized carbons (Fsp3) is 0.909. The number of hydrogen-bond acceptors (Lipinski definition) is 3. The summed E-state index contributed by atoms with van der Waals surface area (Å²) in [7, 11) is 0. The second-order valence-electron chi connectivity index (χ2n) is 4.03. The van der Waals surface area contributed by atoms with E-state index in [4.69, 9.17) is 9.47 Å². The minimum atomic E-state index is 0.270. The van der Waals surface area contributed by atoms with Gasteiger partial charge in [-0.3, -0.25) is 4.79 Å². The minimum absolute atomic E-state index is 0.270. The highest BCUT2D eigenvalue weighted by Crippen LogP contribution is 2.17. The molecule has 82 valence electrons. The van der Waals surface area contributed by atoms with Gasteiger partial charge < -0.3 is 9.47 Å². The van der Waals surface area contributed by atoms with Gasteiger partial charge in [-0.15, -0.1) is 0 Å². The number of carbonyl (C=O) groups is 1. The van der Waals surface area contributed by atoms with Crippen molar-refractivity contribution in [3.63, 3.8) is 0 Å². The summed E-state index contributed by atoms with van der Waals surface area (Å²) < 4.78 is 11.0. The van der Waals surface area contributed by atoms with Gasteiger partial charge >= 0.3 is 0 Å². The number of Topliss-reactive ketones (excluding diaryl/α,β-unsaturated/α-hetero) is 1. The van der Waals surface area contributed by atoms with Gasteiger partial charge in [0.1, 0.15) is 5.78 Å². The summed E-state index contributed by atoms with van der Waals surface area (Å²) in [6.45, 7) is 5.33. The highest BCUT2D eigenvalue weighted by atomic mass is 16.5. The molecule has 0 atom stereocenters. The number of ether oxygens (including phenoxy) is 2. The van der Waals surface area contributed by atoms with Crippen molar-refractivity contribution in [3.8, 4) is 0 Å². The molecule has 0 N–H and O–H groups in total. The zero-order chi connectivity index (χ0) is 10.4. The Balaban J connectivity index is 1.99. The minimum Gasteiger partial charge on any atom is -0.376 e. The third-order valence-corrected chi connectivity index (χ3v) is 2.38. The van der Waals surface area contributed by atoms with Crippen molar-refractivity contribution < 1.29 is 14.3 Å². The third kappa shape index (κ3) is 4.72. The predicted octanol–water partition coefficient (Wildman–Crippen LogP) is 1.94. The van der Waals surface area contributed by atoms with Crippen molar-refractivity contribution in [2.45, 2.75) is 51.7 Å². The van der Waals surface area contributed by atoms with Crippen LogP contribution in [-0.4, -0.2) is 31.2 Å². The predicted molar refractivity (Wildman–Crippen MR) is 54.3 cm³/mol. The molecule has 0 heterocycles. The average molecular weight is 200 g/mol. The van der Waals surface area contributed by atoms with Crippen molar-refractivity contribution in [1.29, 1.82) is 0 Å². The van der Waals surface area contributed by atoms with Crippen LogP contribution in [0.1, 0.15) is 39.5 Å². The summed E-state index contributed by atoms with van der Waals surface area (Å²) in [6.07, 6.45) is 3.71. The molecule has 0 aliphatic heterocycles. The quantitative estimate of drug-likeness (QED) is 0.636. The summed E-state index contributed by atoms with van der Waals surface area (Å²) in [5, 5.41) is 0. The summed E-state index contributed by atoms with van der Waals surface area (Å²) in [5.41, 5.74) is 0. The Morgan fingerprint density at radius 2 is 1.93 bits per heavy atom. The van der Waals surface area contributed by atoms with Gasteiger partial charge in [0, 0.05) is 12.8 Å². The molecule has 14 heavy (non-hydrogen) atoms. The maximum absolute atomic E-state index is 10.9. The van der Waals surface area contributed by atoms with Crippen LogP contribution in [0.25, 0.3) is 0 Å². The molecule has 0 unspecified atom stereocenters. The van der Waals surface area contributed by atoms with Crippen LogP contribution < -0.4 is 0 Å². The normalized spacial score (nSPS) is 19.2. The van der Waals surface area contributed by atoms with E-state index in [1.165, 1.54) is 0 Å². The zero-order valence-electron chi connectivity index (χ0n) is 9.12. The first-order valence-electron chi connectivity index (χ1n) is 5.43. The lowest BCUT2D eigenvalue weighted by Crippen LogP contribution is -2.23. The van der Waals surface area contributed by atoms with E-state index in [0.717, 1.165) is 12.8 Å². The first-order chi connectivity index (χ1) is 6.68. The highest BCUT2D eigenvalue weighted by Gasteiger charge is 2.18. The Kier molecular flexibility index (Phi) is 5.12. The number of ketones is 1. The summed E-state index contributed by atoms with van der Waals surface area (Å²) in [4.78, 5) is 10.9. The number of carbonyl (C=O) groups excluding carboxylic acids is 1. The van der Waals surface area contributed by atoms with Crippen molar-refractivity contribution in [2.75, 3.05) is 13.2 Å². The van der Waals surface area contributed by atoms with Crippen LogP contribution in [0.4, 0.5) is 0 Å². The van der Waals surface area contributed by atoms with Crippen molar-refractivity contribution in [1.82, 2.24) is 0 Å². The molecule has 1 aliphatic carbocycles. The van der Waals surface area contributed by atoms with Crippen LogP contribution in [-0.2, 0) is 14.3 Å². The van der Waals surface area contributed by atoms with Gasteiger partial charge in [0.15, 0.2) is 0 Å². The van der Waals surface area contributed by atoms with E-state index in [1.807, 2.05) is 13.8 Å². The lowest BCUT2D eigenvalue weighted by molar-refractivity contribution is -0.123. The maximum Gasteiger partial charge on any atom is 0.133 e. The second kappa shape index (κ2) is 6.14. The molecule has 1 fully saturated rings. The summed E-state index contributed by atoms with van der Waals surface area (Å²) in [6, 6.07) is 0. The Labute approximate surface area is 85.8 Å². The molecule has 0 saturated heterocycles. The van der Waals surface area contributed by atoms with E-state index < -0.39 is 0 Å². The Morgan fingerprint density at radius 1 is 1.29 bits per heavy atom. The number of rotatable bonds is 5. The van der Waals surface area contributed by atoms with Gasteiger partial charge in [0.2, 0.25) is 0 Å². The van der Waals surface area contributed by atoms with E-state index >= 15 is 0 Å². The van der Waals surface area contributed by atoms with Crippen LogP contribution in [0, 0.1) is 0 Å². The van der Waals surface area contributed by atoms with Gasteiger partial charge in [-0.1, -0.05) is 0 Å². The lowest BCUT2D eigenvalue weighted by atomic mass is 9.97. The average Bonchev–Trinajstić information content (AvgIpc) is 2.15. The van der Waals surface area contributed by atoms with E-state index in [9.17, 15) is 4.79 Å². The largest absolute Gasteiger partial charge is 0.376 e. The lowest BCUT2D eigenvalue weighted by Gasteiger charge is -2.21. The summed E-state index contributed by atoms with van der Waals surface area (Å²) in [5.74, 6) is 0.378. The molecule has 0 bridgehead atoms. The SMILES string of the molecule is CC(C)OCCOC1CCC(=O)CC1. The number of hydrogen-bond donors (Lipinski definition) is 0. The molecule has 0 aromatic rings. The zero-order valence-corrected chi connectivity index (χ0v) is 9.12. The molecule has 3 heteroatoms. The summed E-state index contributed by atoms with van der Waals surface area (Å²) >= 11 is 0. The smallest absolute Gasteiger partial charge is 0.133 e. The van der Waals surface area contributed by atoms with Gasteiger partial charge in [-0.25, -0.2) is 0 Å². The van der Waals surface area contributed by atoms with Gasteiger partial charge in [-0.2, -0.15) is 0 Å². The van der Waals surface area contributed by atoms with Gasteiger partial charge in [0.05, 0.1) is 25.4 Å². The van der Waals surface area contributed by atoms with Gasteiger partial charge in [0.25, 0.3) is 0 Å². The second-order valence-corrected chi connectivity index (χ2v) is 4.03. The molecule has 0 aromatic carbocycles. The Bertz CT molecular complexity index is 167. The van der Waals surface area contributed by atoms with Gasteiger partial charge in [-0.05, 0) is 26.7 Å². The molecule has 0 radical (unpaired) electrons. The van der Waals surface area contributed by atoms with E-state index in [1.54, 1.807) is 0 Å². The van der Waals surface area contributed by atoms with Crippen LogP contribution in [0.3, 0.4) is 0 Å². The van der Waals surface area contributed by atoms with Crippen molar-refractivity contribution >= 4 is 5.78 Å². The molecular formula is C11H20O3. The van der Waals surface area contributed by atoms with Crippen molar-refractivity contribution in [2.24, 2.45) is 0 Å².